The number of esters is 2. The number of rotatable bonds is 10. The monoisotopic (exact) mass is 524 g/mol. The van der Waals surface area contributed by atoms with Crippen molar-refractivity contribution in [2.45, 2.75) is 137 Å². The van der Waals surface area contributed by atoms with E-state index < -0.39 is 22.6 Å². The zero-order chi connectivity index (χ0) is 28.4. The molecule has 0 aromatic carbocycles. The Balaban J connectivity index is 0.000000298. The predicted octanol–water partition coefficient (Wildman–Crippen LogP) is 6.56. The summed E-state index contributed by atoms with van der Waals surface area (Å²) in [4.78, 5) is 35.3. The molecule has 0 amide bonds. The highest BCUT2D eigenvalue weighted by atomic mass is 16.6. The maximum Gasteiger partial charge on any atom is 0.329 e. The van der Waals surface area contributed by atoms with Gasteiger partial charge in [-0.25, -0.2) is 4.79 Å². The zero-order valence-electron chi connectivity index (χ0n) is 25.0. The van der Waals surface area contributed by atoms with Crippen molar-refractivity contribution in [1.29, 1.82) is 0 Å². The van der Waals surface area contributed by atoms with Gasteiger partial charge in [-0.2, -0.15) is 0 Å². The van der Waals surface area contributed by atoms with Crippen LogP contribution in [-0.2, 0) is 28.6 Å². The lowest BCUT2D eigenvalue weighted by atomic mass is 9.52. The van der Waals surface area contributed by atoms with Crippen LogP contribution in [0.3, 0.4) is 0 Å². The molecule has 0 heterocycles. The van der Waals surface area contributed by atoms with E-state index in [1.807, 2.05) is 55.4 Å². The van der Waals surface area contributed by atoms with Crippen LogP contribution in [-0.4, -0.2) is 46.4 Å². The lowest BCUT2D eigenvalue weighted by Gasteiger charge is -2.60. The van der Waals surface area contributed by atoms with Crippen molar-refractivity contribution in [3.63, 3.8) is 0 Å². The zero-order valence-corrected chi connectivity index (χ0v) is 25.0. The Kier molecular flexibility index (Phi) is 9.59. The van der Waals surface area contributed by atoms with Crippen LogP contribution in [0.5, 0.6) is 0 Å². The normalized spacial score (nSPS) is 28.9. The summed E-state index contributed by atoms with van der Waals surface area (Å²) in [5.74, 6) is 0.150. The third-order valence-electron chi connectivity index (χ3n) is 9.38. The van der Waals surface area contributed by atoms with E-state index in [1.165, 1.54) is 0 Å². The summed E-state index contributed by atoms with van der Waals surface area (Å²) in [6, 6.07) is 0. The molecule has 0 saturated heterocycles. The molecule has 4 bridgehead atoms. The van der Waals surface area contributed by atoms with Gasteiger partial charge in [-0.3, -0.25) is 9.59 Å². The molecule has 4 saturated carbocycles. The van der Waals surface area contributed by atoms with Crippen molar-refractivity contribution in [3.8, 4) is 0 Å². The predicted molar refractivity (Wildman–Crippen MR) is 143 cm³/mol. The van der Waals surface area contributed by atoms with Crippen molar-refractivity contribution >= 4 is 17.9 Å². The summed E-state index contributed by atoms with van der Waals surface area (Å²) in [7, 11) is 0. The van der Waals surface area contributed by atoms with Gasteiger partial charge in [0.15, 0.2) is 0 Å². The fraction of sp³-hybridized carbons (Fsp3) is 0.900. The van der Waals surface area contributed by atoms with Crippen molar-refractivity contribution in [2.24, 2.45) is 28.6 Å². The van der Waals surface area contributed by atoms with Crippen molar-refractivity contribution in [3.05, 3.63) is 0 Å². The van der Waals surface area contributed by atoms with Gasteiger partial charge in [0.05, 0.1) is 16.4 Å². The van der Waals surface area contributed by atoms with Crippen LogP contribution in [0.15, 0.2) is 0 Å². The van der Waals surface area contributed by atoms with Crippen molar-refractivity contribution in [2.75, 3.05) is 6.61 Å². The maximum absolute atomic E-state index is 12.6. The van der Waals surface area contributed by atoms with Crippen molar-refractivity contribution < 1.29 is 33.7 Å². The van der Waals surface area contributed by atoms with Gasteiger partial charge in [0, 0.05) is 6.42 Å². The second-order valence-corrected chi connectivity index (χ2v) is 14.0. The summed E-state index contributed by atoms with van der Waals surface area (Å²) < 4.78 is 17.4. The average Bonchev–Trinajstić information content (AvgIpc) is 2.76. The molecular formula is C30H52O7. The average molecular weight is 525 g/mol. The Morgan fingerprint density at radius 1 is 0.838 bits per heavy atom. The van der Waals surface area contributed by atoms with Crippen LogP contribution in [0.4, 0.5) is 0 Å². The second-order valence-electron chi connectivity index (χ2n) is 14.0. The van der Waals surface area contributed by atoms with E-state index in [1.54, 1.807) is 0 Å². The van der Waals surface area contributed by atoms with Crippen LogP contribution >= 0.6 is 0 Å². The van der Waals surface area contributed by atoms with Crippen LogP contribution in [0.25, 0.3) is 0 Å². The molecule has 0 radical (unpaired) electrons. The van der Waals surface area contributed by atoms with Gasteiger partial charge in [0.2, 0.25) is 0 Å². The molecule has 2 unspecified atom stereocenters. The van der Waals surface area contributed by atoms with Crippen LogP contribution in [0, 0.1) is 28.6 Å². The standard InChI is InChI=1S/C18H28O5.C12H24O2/c1-4-16(2,3)15(21)23-18-8-12-5-13(9-18)7-17(6-12,11-18)22-10-14(19)20;1-8-11(4,5)10(13)14-12(6,7)9(2)3/h12-13H,4-11H2,1-3H3,(H,19,20);9H,8H2,1-7H3. The minimum atomic E-state index is -0.932. The number of hydrogen-bond donors (Lipinski definition) is 1. The van der Waals surface area contributed by atoms with E-state index in [2.05, 4.69) is 13.8 Å². The number of hydrogen-bond acceptors (Lipinski definition) is 6. The first kappa shape index (κ1) is 31.6. The first-order valence-corrected chi connectivity index (χ1v) is 14.1. The molecule has 214 valence electrons. The van der Waals surface area contributed by atoms with Gasteiger partial charge >= 0.3 is 17.9 Å². The molecule has 4 fully saturated rings. The number of carboxylic acids is 1. The van der Waals surface area contributed by atoms with Gasteiger partial charge in [0.1, 0.15) is 17.8 Å². The smallest absolute Gasteiger partial charge is 0.329 e. The molecule has 1 N–H and O–H groups in total. The van der Waals surface area contributed by atoms with Gasteiger partial charge in [-0.05, 0) is 104 Å². The maximum atomic E-state index is 12.6. The number of carboxylic acid groups (broad SMARTS) is 1. The van der Waals surface area contributed by atoms with Crippen LogP contribution in [0.2, 0.25) is 0 Å². The molecule has 4 rings (SSSR count). The fourth-order valence-corrected chi connectivity index (χ4v) is 5.72. The summed E-state index contributed by atoms with van der Waals surface area (Å²) in [5, 5.41) is 8.95. The first-order valence-electron chi connectivity index (χ1n) is 14.1. The van der Waals surface area contributed by atoms with Gasteiger partial charge in [-0.15, -0.1) is 0 Å². The van der Waals surface area contributed by atoms with E-state index in [0.29, 0.717) is 24.2 Å². The summed E-state index contributed by atoms with van der Waals surface area (Å²) in [5.41, 5.74) is -2.06. The molecule has 4 aliphatic rings. The third-order valence-corrected chi connectivity index (χ3v) is 9.38. The molecule has 0 aromatic rings. The summed E-state index contributed by atoms with van der Waals surface area (Å²) >= 11 is 0. The molecule has 37 heavy (non-hydrogen) atoms. The van der Waals surface area contributed by atoms with Crippen molar-refractivity contribution in [1.82, 2.24) is 0 Å². The number of aliphatic carboxylic acids is 1. The Hall–Kier alpha value is -1.63. The van der Waals surface area contributed by atoms with E-state index in [4.69, 9.17) is 19.3 Å². The van der Waals surface area contributed by atoms with Gasteiger partial charge in [0.25, 0.3) is 0 Å². The van der Waals surface area contributed by atoms with Gasteiger partial charge in [-0.1, -0.05) is 27.7 Å². The SMILES string of the molecule is CCC(C)(C)C(=O)OC(C)(C)C(C)C.CCC(C)(C)C(=O)OC12CC3CC(CC(OCC(=O)O)(C3)C1)C2. The lowest BCUT2D eigenvalue weighted by Crippen LogP contribution is -2.62. The first-order chi connectivity index (χ1) is 16.8. The molecule has 0 aromatic heterocycles. The minimum Gasteiger partial charge on any atom is -0.480 e. The summed E-state index contributed by atoms with van der Waals surface area (Å²) in [6.07, 6.45) is 7.01. The van der Waals surface area contributed by atoms with E-state index in [-0.39, 0.29) is 29.6 Å². The van der Waals surface area contributed by atoms with Gasteiger partial charge < -0.3 is 19.3 Å². The number of carbonyl (C=O) groups is 3. The largest absolute Gasteiger partial charge is 0.480 e. The summed E-state index contributed by atoms with van der Waals surface area (Å²) in [6.45, 7) is 19.5. The lowest BCUT2D eigenvalue weighted by molar-refractivity contribution is -0.239. The van der Waals surface area contributed by atoms with Crippen LogP contribution in [0.1, 0.15) is 121 Å². The van der Waals surface area contributed by atoms with Crippen LogP contribution < -0.4 is 0 Å². The molecular weight excluding hydrogens is 472 g/mol. The Morgan fingerprint density at radius 2 is 1.30 bits per heavy atom. The quantitative estimate of drug-likeness (QED) is 0.323. The topological polar surface area (TPSA) is 99.1 Å². The fourth-order valence-electron chi connectivity index (χ4n) is 5.72. The third kappa shape index (κ3) is 7.70. The highest BCUT2D eigenvalue weighted by Crippen LogP contribution is 2.60. The Labute approximate surface area is 224 Å². The van der Waals surface area contributed by atoms with E-state index in [9.17, 15) is 14.4 Å². The molecule has 7 heteroatoms. The number of ether oxygens (including phenoxy) is 3. The highest BCUT2D eigenvalue weighted by Gasteiger charge is 2.61. The Morgan fingerprint density at radius 3 is 1.73 bits per heavy atom. The van der Waals surface area contributed by atoms with E-state index >= 15 is 0 Å². The molecule has 2 atom stereocenters. The molecule has 0 aliphatic heterocycles. The second kappa shape index (κ2) is 11.2. The minimum absolute atomic E-state index is 0.0984. The Bertz CT molecular complexity index is 825. The highest BCUT2D eigenvalue weighted by molar-refractivity contribution is 5.76. The molecule has 4 aliphatic carbocycles. The number of carbonyl (C=O) groups excluding carboxylic acids is 2. The molecule has 0 spiro atoms. The molecule has 7 nitrogen and oxygen atoms in total. The van der Waals surface area contributed by atoms with E-state index in [0.717, 1.165) is 44.9 Å².